The zero-order valence-corrected chi connectivity index (χ0v) is 8.22. The summed E-state index contributed by atoms with van der Waals surface area (Å²) in [4.78, 5) is 40.9. The average Bonchev–Trinajstić information content (AvgIpc) is 2.64. The number of aliphatic imine (C=N–C) groups is 3. The number of imide groups is 1. The van der Waals surface area contributed by atoms with E-state index in [4.69, 9.17) is 9.90 Å². The number of hydrogen-bond donors (Lipinski definition) is 2. The highest BCUT2D eigenvalue weighted by Gasteiger charge is 2.38. The Morgan fingerprint density at radius 3 is 2.39 bits per heavy atom. The highest BCUT2D eigenvalue weighted by atomic mass is 19.4. The summed E-state index contributed by atoms with van der Waals surface area (Å²) in [6.45, 7) is 0. The van der Waals surface area contributed by atoms with Gasteiger partial charge >= 0.3 is 18.2 Å². The quantitative estimate of drug-likeness (QED) is 0.626. The number of hydrogen-bond acceptors (Lipinski definition) is 5. The lowest BCUT2D eigenvalue weighted by molar-refractivity contribution is -0.192. The van der Waals surface area contributed by atoms with Crippen LogP contribution in [-0.2, 0) is 9.59 Å². The number of carbonyl (C=O) groups excluding carboxylic acids is 2. The van der Waals surface area contributed by atoms with Crippen molar-refractivity contribution in [1.29, 1.82) is 0 Å². The van der Waals surface area contributed by atoms with Crippen LogP contribution in [0, 0.1) is 0 Å². The van der Waals surface area contributed by atoms with Gasteiger partial charge in [0.2, 0.25) is 0 Å². The Labute approximate surface area is 95.9 Å². The molecular weight excluding hydrogens is 261 g/mol. The lowest BCUT2D eigenvalue weighted by Gasteiger charge is -2.05. The van der Waals surface area contributed by atoms with Crippen LogP contribution in [-0.4, -0.2) is 47.1 Å². The molecule has 2 N–H and O–H groups in total. The van der Waals surface area contributed by atoms with Crippen LogP contribution in [0.5, 0.6) is 0 Å². The van der Waals surface area contributed by atoms with Gasteiger partial charge in [0.25, 0.3) is 5.91 Å². The van der Waals surface area contributed by atoms with Crippen LogP contribution in [0.4, 0.5) is 18.0 Å². The van der Waals surface area contributed by atoms with E-state index in [1.165, 1.54) is 6.34 Å². The lowest BCUT2D eigenvalue weighted by atomic mass is 10.3. The van der Waals surface area contributed by atoms with Crippen molar-refractivity contribution in [2.24, 2.45) is 15.0 Å². The minimum atomic E-state index is -5.08. The lowest BCUT2D eigenvalue weighted by Crippen LogP contribution is -2.41. The average molecular weight is 264 g/mol. The van der Waals surface area contributed by atoms with Gasteiger partial charge in [0.05, 0.1) is 0 Å². The molecule has 0 radical (unpaired) electrons. The number of carboxylic acids is 1. The molecule has 18 heavy (non-hydrogen) atoms. The van der Waals surface area contributed by atoms with Crippen LogP contribution in [0.15, 0.2) is 15.0 Å². The fraction of sp³-hybridized carbons (Fsp3) is 0.143. The van der Waals surface area contributed by atoms with Crippen molar-refractivity contribution in [1.82, 2.24) is 5.32 Å². The predicted octanol–water partition coefficient (Wildman–Crippen LogP) is -0.249. The Kier molecular flexibility index (Phi) is 3.54. The summed E-state index contributed by atoms with van der Waals surface area (Å²) in [7, 11) is 0. The smallest absolute Gasteiger partial charge is 0.475 e. The summed E-state index contributed by atoms with van der Waals surface area (Å²) in [5.41, 5.74) is 0.101. The molecule has 0 saturated heterocycles. The summed E-state index contributed by atoms with van der Waals surface area (Å²) in [6, 6.07) is -0.692. The maximum absolute atomic E-state index is 10.9. The number of carbonyl (C=O) groups is 3. The Hall–Kier alpha value is -2.59. The number of alkyl halides is 3. The van der Waals surface area contributed by atoms with Crippen molar-refractivity contribution in [3.63, 3.8) is 0 Å². The third-order valence-electron chi connectivity index (χ3n) is 1.46. The first kappa shape index (κ1) is 13.5. The van der Waals surface area contributed by atoms with Crippen molar-refractivity contribution in [2.75, 3.05) is 0 Å². The normalized spacial score (nSPS) is 17.1. The van der Waals surface area contributed by atoms with E-state index in [1.54, 1.807) is 0 Å². The van der Waals surface area contributed by atoms with Crippen LogP contribution in [0.1, 0.15) is 0 Å². The van der Waals surface area contributed by atoms with E-state index in [9.17, 15) is 22.8 Å². The largest absolute Gasteiger partial charge is 0.490 e. The van der Waals surface area contributed by atoms with E-state index in [2.05, 4.69) is 15.0 Å². The van der Waals surface area contributed by atoms with E-state index < -0.39 is 24.1 Å². The third-order valence-corrected chi connectivity index (χ3v) is 1.46. The Bertz CT molecular complexity index is 505. The minimum Gasteiger partial charge on any atom is -0.475 e. The standard InChI is InChI=1S/C5H2N4O2.C2HF3O2/c10-4-2-3(7-1-6-2)8-5(11)9-4;3-2(4,5)1(6)7/h1H,(H,9,10,11);(H,6,7). The zero-order valence-electron chi connectivity index (χ0n) is 8.22. The Morgan fingerprint density at radius 1 is 1.33 bits per heavy atom. The summed E-state index contributed by atoms with van der Waals surface area (Å²) < 4.78 is 31.7. The second-order valence-corrected chi connectivity index (χ2v) is 2.72. The zero-order chi connectivity index (χ0) is 13.9. The van der Waals surface area contributed by atoms with Crippen LogP contribution < -0.4 is 5.32 Å². The first-order valence-corrected chi connectivity index (χ1v) is 4.06. The Balaban J connectivity index is 0.000000203. The van der Waals surface area contributed by atoms with Gasteiger partial charge < -0.3 is 5.11 Å². The molecule has 2 rings (SSSR count). The van der Waals surface area contributed by atoms with Crippen LogP contribution in [0.2, 0.25) is 0 Å². The number of aliphatic carboxylic acids is 1. The maximum Gasteiger partial charge on any atom is 0.490 e. The first-order chi connectivity index (χ1) is 8.21. The maximum atomic E-state index is 10.9. The molecular formula is C7H3F3N4O4. The van der Waals surface area contributed by atoms with Gasteiger partial charge in [-0.25, -0.2) is 19.6 Å². The molecule has 0 unspecified atom stereocenters. The first-order valence-electron chi connectivity index (χ1n) is 4.06. The second kappa shape index (κ2) is 4.73. The van der Waals surface area contributed by atoms with Gasteiger partial charge in [0.15, 0.2) is 11.5 Å². The number of rotatable bonds is 0. The van der Waals surface area contributed by atoms with E-state index in [1.807, 2.05) is 5.32 Å². The number of halogens is 3. The minimum absolute atomic E-state index is 0.0961. The third kappa shape index (κ3) is 3.20. The van der Waals surface area contributed by atoms with E-state index >= 15 is 0 Å². The van der Waals surface area contributed by atoms with E-state index in [0.29, 0.717) is 0 Å². The number of fused-ring (bicyclic) bond motifs is 1. The molecule has 0 fully saturated rings. The van der Waals surface area contributed by atoms with Gasteiger partial charge in [-0.05, 0) is 0 Å². The number of amidine groups is 1. The van der Waals surface area contributed by atoms with Gasteiger partial charge in [-0.2, -0.15) is 18.2 Å². The predicted molar refractivity (Wildman–Crippen MR) is 50.6 cm³/mol. The summed E-state index contributed by atoms with van der Waals surface area (Å²) in [6.07, 6.45) is -3.90. The number of nitrogens with zero attached hydrogens (tertiary/aromatic N) is 3. The number of carboxylic acid groups (broad SMARTS) is 1. The summed E-state index contributed by atoms with van der Waals surface area (Å²) in [5.74, 6) is -3.20. The fourth-order valence-corrected chi connectivity index (χ4v) is 0.783. The molecule has 2 heterocycles. The highest BCUT2D eigenvalue weighted by Crippen LogP contribution is 2.13. The van der Waals surface area contributed by atoms with E-state index in [-0.39, 0.29) is 11.5 Å². The monoisotopic (exact) mass is 264 g/mol. The summed E-state index contributed by atoms with van der Waals surface area (Å²) >= 11 is 0. The molecule has 8 nitrogen and oxygen atoms in total. The molecule has 2 aliphatic heterocycles. The number of urea groups is 1. The Morgan fingerprint density at radius 2 is 1.89 bits per heavy atom. The van der Waals surface area contributed by atoms with Crippen LogP contribution in [0.3, 0.4) is 0 Å². The molecule has 0 aromatic carbocycles. The van der Waals surface area contributed by atoms with Gasteiger partial charge in [0, 0.05) is 0 Å². The fourth-order valence-electron chi connectivity index (χ4n) is 0.783. The molecule has 0 bridgehead atoms. The molecule has 11 heteroatoms. The van der Waals surface area contributed by atoms with Crippen molar-refractivity contribution in [3.8, 4) is 0 Å². The van der Waals surface area contributed by atoms with E-state index in [0.717, 1.165) is 0 Å². The van der Waals surface area contributed by atoms with Crippen LogP contribution in [0.25, 0.3) is 0 Å². The molecule has 2 aliphatic rings. The molecule has 0 spiro atoms. The van der Waals surface area contributed by atoms with Gasteiger partial charge in [-0.1, -0.05) is 0 Å². The van der Waals surface area contributed by atoms with Gasteiger partial charge in [0.1, 0.15) is 6.34 Å². The SMILES string of the molecule is O=C(O)C(F)(F)F.O=C1N=C2N=CN=C2C(=O)N1. The molecule has 0 saturated carbocycles. The molecule has 0 atom stereocenters. The molecule has 96 valence electrons. The van der Waals surface area contributed by atoms with Crippen molar-refractivity contribution in [2.45, 2.75) is 6.18 Å². The number of nitrogens with one attached hydrogen (secondary N) is 1. The molecule has 0 aromatic rings. The van der Waals surface area contributed by atoms with Crippen molar-refractivity contribution in [3.05, 3.63) is 0 Å². The van der Waals surface area contributed by atoms with Crippen molar-refractivity contribution < 1.29 is 32.7 Å². The summed E-state index contributed by atoms with van der Waals surface area (Å²) in [5, 5.41) is 9.10. The van der Waals surface area contributed by atoms with Gasteiger partial charge in [-0.15, -0.1) is 0 Å². The number of amides is 3. The molecule has 0 aliphatic carbocycles. The van der Waals surface area contributed by atoms with Gasteiger partial charge in [-0.3, -0.25) is 10.1 Å². The topological polar surface area (TPSA) is 121 Å². The molecule has 0 aromatic heterocycles. The second-order valence-electron chi connectivity index (χ2n) is 2.72. The van der Waals surface area contributed by atoms with Crippen LogP contribution >= 0.6 is 0 Å². The van der Waals surface area contributed by atoms with Crippen molar-refractivity contribution >= 4 is 35.8 Å². The molecule has 3 amide bonds. The highest BCUT2D eigenvalue weighted by molar-refractivity contribution is 6.71.